The Bertz CT molecular complexity index is 677. The molecule has 1 aromatic heterocycles. The molecule has 0 radical (unpaired) electrons. The average molecular weight is 375 g/mol. The molecule has 9 heteroatoms. The maximum absolute atomic E-state index is 12.8. The lowest BCUT2D eigenvalue weighted by atomic mass is 10.1. The number of amides is 1. The molecular formula is C15H26N4O3S2. The van der Waals surface area contributed by atoms with E-state index in [9.17, 15) is 13.2 Å². The number of hydrogen-bond acceptors (Lipinski definition) is 5. The van der Waals surface area contributed by atoms with Gasteiger partial charge in [0.1, 0.15) is 4.88 Å². The molecule has 0 aliphatic carbocycles. The Labute approximate surface area is 148 Å². The van der Waals surface area contributed by atoms with Gasteiger partial charge in [-0.2, -0.15) is 17.0 Å². The minimum Gasteiger partial charge on any atom is -0.335 e. The highest BCUT2D eigenvalue weighted by atomic mass is 32.2. The lowest BCUT2D eigenvalue weighted by Crippen LogP contribution is -2.53. The Hall–Kier alpha value is -1.03. The van der Waals surface area contributed by atoms with E-state index < -0.39 is 10.2 Å². The van der Waals surface area contributed by atoms with Crippen LogP contribution in [0.1, 0.15) is 40.1 Å². The zero-order valence-electron chi connectivity index (χ0n) is 14.8. The molecule has 24 heavy (non-hydrogen) atoms. The molecule has 7 nitrogen and oxygen atoms in total. The number of carbonyl (C=O) groups is 1. The fourth-order valence-corrected chi connectivity index (χ4v) is 4.67. The zero-order chi connectivity index (χ0) is 17.9. The molecule has 1 amide bonds. The molecule has 0 aromatic carbocycles. The highest BCUT2D eigenvalue weighted by Gasteiger charge is 2.31. The SMILES string of the molecule is CCCCc1nc(C)sc1C(=O)N1CCN(S(=O)(=O)N(C)C)CC1. The van der Waals surface area contributed by atoms with Crippen LogP contribution >= 0.6 is 11.3 Å². The van der Waals surface area contributed by atoms with Gasteiger partial charge in [-0.15, -0.1) is 11.3 Å². The van der Waals surface area contributed by atoms with Crippen LogP contribution in [0.15, 0.2) is 0 Å². The van der Waals surface area contributed by atoms with Crippen molar-refractivity contribution in [2.45, 2.75) is 33.1 Å². The number of rotatable bonds is 6. The molecular weight excluding hydrogens is 348 g/mol. The average Bonchev–Trinajstić information content (AvgIpc) is 2.93. The quantitative estimate of drug-likeness (QED) is 0.754. The minimum atomic E-state index is -3.41. The number of nitrogens with zero attached hydrogens (tertiary/aromatic N) is 4. The van der Waals surface area contributed by atoms with Crippen molar-refractivity contribution in [3.63, 3.8) is 0 Å². The Morgan fingerprint density at radius 2 is 1.88 bits per heavy atom. The van der Waals surface area contributed by atoms with Gasteiger partial charge < -0.3 is 4.90 Å². The second-order valence-electron chi connectivity index (χ2n) is 6.09. The first-order chi connectivity index (χ1) is 11.3. The van der Waals surface area contributed by atoms with Crippen LogP contribution in [0.4, 0.5) is 0 Å². The maximum atomic E-state index is 12.8. The van der Waals surface area contributed by atoms with Crippen molar-refractivity contribution >= 4 is 27.5 Å². The zero-order valence-corrected chi connectivity index (χ0v) is 16.4. The molecule has 0 bridgehead atoms. The second kappa shape index (κ2) is 7.90. The molecule has 1 fully saturated rings. The van der Waals surface area contributed by atoms with E-state index in [-0.39, 0.29) is 5.91 Å². The number of piperazine rings is 1. The smallest absolute Gasteiger partial charge is 0.281 e. The summed E-state index contributed by atoms with van der Waals surface area (Å²) < 4.78 is 26.9. The van der Waals surface area contributed by atoms with Gasteiger partial charge in [-0.25, -0.2) is 4.98 Å². The molecule has 0 unspecified atom stereocenters. The molecule has 0 saturated carbocycles. The topological polar surface area (TPSA) is 73.8 Å². The van der Waals surface area contributed by atoms with Crippen molar-refractivity contribution in [1.29, 1.82) is 0 Å². The first-order valence-corrected chi connectivity index (χ1v) is 10.4. The highest BCUT2D eigenvalue weighted by molar-refractivity contribution is 7.86. The van der Waals surface area contributed by atoms with Crippen molar-refractivity contribution in [1.82, 2.24) is 18.5 Å². The summed E-state index contributed by atoms with van der Waals surface area (Å²) in [7, 11) is -0.369. The third-order valence-electron chi connectivity index (χ3n) is 4.08. The van der Waals surface area contributed by atoms with Crippen LogP contribution in [0, 0.1) is 6.92 Å². The lowest BCUT2D eigenvalue weighted by molar-refractivity contribution is 0.0698. The van der Waals surface area contributed by atoms with E-state index in [1.807, 2.05) is 6.92 Å². The van der Waals surface area contributed by atoms with Gasteiger partial charge in [0.2, 0.25) is 0 Å². The molecule has 136 valence electrons. The Morgan fingerprint density at radius 1 is 1.25 bits per heavy atom. The van der Waals surface area contributed by atoms with Gasteiger partial charge >= 0.3 is 0 Å². The summed E-state index contributed by atoms with van der Waals surface area (Å²) in [5.41, 5.74) is 0.882. The summed E-state index contributed by atoms with van der Waals surface area (Å²) in [6.45, 7) is 5.51. The van der Waals surface area contributed by atoms with Crippen LogP contribution in [0.3, 0.4) is 0 Å². The Balaban J connectivity index is 2.06. The number of carbonyl (C=O) groups excluding carboxylic acids is 1. The van der Waals surface area contributed by atoms with Crippen LogP contribution in [-0.2, 0) is 16.6 Å². The first kappa shape index (κ1) is 19.3. The van der Waals surface area contributed by atoms with E-state index in [0.717, 1.165) is 30.0 Å². The number of unbranched alkanes of at least 4 members (excludes halogenated alkanes) is 1. The normalized spacial score (nSPS) is 16.8. The molecule has 1 aromatic rings. The minimum absolute atomic E-state index is 0.0198. The molecule has 2 rings (SSSR count). The number of aryl methyl sites for hydroxylation is 2. The Morgan fingerprint density at radius 3 is 2.42 bits per heavy atom. The number of hydrogen-bond donors (Lipinski definition) is 0. The van der Waals surface area contributed by atoms with Gasteiger partial charge in [0.15, 0.2) is 0 Å². The second-order valence-corrected chi connectivity index (χ2v) is 9.44. The molecule has 0 atom stereocenters. The van der Waals surface area contributed by atoms with E-state index >= 15 is 0 Å². The maximum Gasteiger partial charge on any atom is 0.281 e. The lowest BCUT2D eigenvalue weighted by Gasteiger charge is -2.35. The third-order valence-corrected chi connectivity index (χ3v) is 7.02. The van der Waals surface area contributed by atoms with E-state index in [4.69, 9.17) is 0 Å². The van der Waals surface area contributed by atoms with E-state index in [1.165, 1.54) is 34.0 Å². The van der Waals surface area contributed by atoms with E-state index in [1.54, 1.807) is 4.90 Å². The highest BCUT2D eigenvalue weighted by Crippen LogP contribution is 2.23. The van der Waals surface area contributed by atoms with Gasteiger partial charge in [-0.05, 0) is 19.8 Å². The molecule has 2 heterocycles. The van der Waals surface area contributed by atoms with Crippen LogP contribution in [0.5, 0.6) is 0 Å². The van der Waals surface area contributed by atoms with E-state index in [2.05, 4.69) is 11.9 Å². The third kappa shape index (κ3) is 4.14. The summed E-state index contributed by atoms with van der Waals surface area (Å²) in [5, 5.41) is 0.901. The van der Waals surface area contributed by atoms with Crippen LogP contribution in [0.25, 0.3) is 0 Å². The standard InChI is InChI=1S/C15H26N4O3S2/c1-5-6-7-13-14(23-12(2)16-13)15(20)18-8-10-19(11-9-18)24(21,22)17(3)4/h5-11H2,1-4H3. The van der Waals surface area contributed by atoms with Gasteiger partial charge in [-0.1, -0.05) is 13.3 Å². The van der Waals surface area contributed by atoms with Crippen LogP contribution in [-0.4, -0.2) is 73.1 Å². The summed E-state index contributed by atoms with van der Waals surface area (Å²) in [4.78, 5) is 19.8. The molecule has 1 aliphatic heterocycles. The molecule has 1 saturated heterocycles. The predicted molar refractivity (Wildman–Crippen MR) is 95.5 cm³/mol. The van der Waals surface area contributed by atoms with Gasteiger partial charge in [0.25, 0.3) is 16.1 Å². The summed E-state index contributed by atoms with van der Waals surface area (Å²) >= 11 is 1.44. The fourth-order valence-electron chi connectivity index (χ4n) is 2.65. The van der Waals surface area contributed by atoms with Crippen molar-refractivity contribution in [3.05, 3.63) is 15.6 Å². The summed E-state index contributed by atoms with van der Waals surface area (Å²) in [6.07, 6.45) is 2.89. The largest absolute Gasteiger partial charge is 0.335 e. The summed E-state index contributed by atoms with van der Waals surface area (Å²) in [5.74, 6) is -0.0198. The van der Waals surface area contributed by atoms with Crippen LogP contribution < -0.4 is 0 Å². The Kier molecular flexibility index (Phi) is 6.35. The first-order valence-electron chi connectivity index (χ1n) is 8.20. The number of thiazole rings is 1. The van der Waals surface area contributed by atoms with Crippen molar-refractivity contribution < 1.29 is 13.2 Å². The molecule has 1 aliphatic rings. The van der Waals surface area contributed by atoms with Crippen LogP contribution in [0.2, 0.25) is 0 Å². The van der Waals surface area contributed by atoms with E-state index in [0.29, 0.717) is 31.1 Å². The van der Waals surface area contributed by atoms with Gasteiger partial charge in [0.05, 0.1) is 10.7 Å². The van der Waals surface area contributed by atoms with Crippen molar-refractivity contribution in [2.24, 2.45) is 0 Å². The predicted octanol–water partition coefficient (Wildman–Crippen LogP) is 1.36. The van der Waals surface area contributed by atoms with Crippen molar-refractivity contribution in [3.8, 4) is 0 Å². The van der Waals surface area contributed by atoms with Crippen molar-refractivity contribution in [2.75, 3.05) is 40.3 Å². The number of aromatic nitrogens is 1. The molecule has 0 spiro atoms. The van der Waals surface area contributed by atoms with Gasteiger partial charge in [-0.3, -0.25) is 4.79 Å². The monoisotopic (exact) mass is 374 g/mol. The van der Waals surface area contributed by atoms with Gasteiger partial charge in [0, 0.05) is 40.3 Å². The fraction of sp³-hybridized carbons (Fsp3) is 0.733. The summed E-state index contributed by atoms with van der Waals surface area (Å²) in [6, 6.07) is 0. The molecule has 0 N–H and O–H groups in total.